The van der Waals surface area contributed by atoms with Gasteiger partial charge in [0.25, 0.3) is 0 Å². The van der Waals surface area contributed by atoms with Crippen LogP contribution in [0.3, 0.4) is 0 Å². The molecule has 1 aromatic heterocycles. The van der Waals surface area contributed by atoms with Crippen LogP contribution in [0.5, 0.6) is 0 Å². The molecule has 2 aromatic rings. The fourth-order valence-electron chi connectivity index (χ4n) is 2.04. The standard InChI is InChI=1S/C15H17Cl2N3O/c1-10(2)8-20-15(18-9-19-20)7-13(21)5-11-3-4-12(16)6-14(11)17/h3-4,6,9-10H,5,7-8H2,1-2H3. The molecule has 0 amide bonds. The van der Waals surface area contributed by atoms with Gasteiger partial charge in [-0.2, -0.15) is 5.10 Å². The molecule has 0 aliphatic carbocycles. The van der Waals surface area contributed by atoms with Crippen LogP contribution in [0.15, 0.2) is 24.5 Å². The molecule has 2 rings (SSSR count). The van der Waals surface area contributed by atoms with Crippen molar-refractivity contribution in [1.29, 1.82) is 0 Å². The third kappa shape index (κ3) is 4.55. The number of hydrogen-bond acceptors (Lipinski definition) is 3. The Morgan fingerprint density at radius 3 is 2.71 bits per heavy atom. The van der Waals surface area contributed by atoms with Gasteiger partial charge in [0.15, 0.2) is 0 Å². The fourth-order valence-corrected chi connectivity index (χ4v) is 2.52. The predicted molar refractivity (Wildman–Crippen MR) is 83.7 cm³/mol. The van der Waals surface area contributed by atoms with Crippen LogP contribution in [-0.2, 0) is 24.2 Å². The lowest BCUT2D eigenvalue weighted by Gasteiger charge is -2.08. The van der Waals surface area contributed by atoms with Gasteiger partial charge in [0.05, 0.1) is 6.42 Å². The van der Waals surface area contributed by atoms with Gasteiger partial charge < -0.3 is 0 Å². The quantitative estimate of drug-likeness (QED) is 0.815. The highest BCUT2D eigenvalue weighted by atomic mass is 35.5. The highest BCUT2D eigenvalue weighted by Gasteiger charge is 2.13. The van der Waals surface area contributed by atoms with Gasteiger partial charge in [-0.15, -0.1) is 0 Å². The van der Waals surface area contributed by atoms with Crippen LogP contribution >= 0.6 is 23.2 Å². The number of halogens is 2. The predicted octanol–water partition coefficient (Wildman–Crippen LogP) is 3.60. The van der Waals surface area contributed by atoms with Gasteiger partial charge in [-0.25, -0.2) is 9.67 Å². The molecule has 4 nitrogen and oxygen atoms in total. The molecule has 1 aromatic carbocycles. The first-order valence-electron chi connectivity index (χ1n) is 6.78. The zero-order valence-electron chi connectivity index (χ0n) is 12.0. The minimum Gasteiger partial charge on any atom is -0.299 e. The Kier molecular flexibility index (Phi) is 5.37. The molecule has 0 unspecified atom stereocenters. The molecule has 0 saturated heterocycles. The molecule has 0 fully saturated rings. The smallest absolute Gasteiger partial charge is 0.144 e. The van der Waals surface area contributed by atoms with Crippen LogP contribution in [0, 0.1) is 5.92 Å². The first-order valence-corrected chi connectivity index (χ1v) is 7.53. The Morgan fingerprint density at radius 1 is 1.29 bits per heavy atom. The van der Waals surface area contributed by atoms with E-state index in [0.717, 1.165) is 12.1 Å². The highest BCUT2D eigenvalue weighted by Crippen LogP contribution is 2.21. The van der Waals surface area contributed by atoms with Crippen molar-refractivity contribution in [3.63, 3.8) is 0 Å². The summed E-state index contributed by atoms with van der Waals surface area (Å²) >= 11 is 11.9. The number of rotatable bonds is 6. The van der Waals surface area contributed by atoms with Crippen LogP contribution in [0.4, 0.5) is 0 Å². The van der Waals surface area contributed by atoms with E-state index in [2.05, 4.69) is 23.9 Å². The van der Waals surface area contributed by atoms with E-state index in [1.165, 1.54) is 6.33 Å². The average molecular weight is 326 g/mol. The number of hydrogen-bond donors (Lipinski definition) is 0. The van der Waals surface area contributed by atoms with E-state index in [1.54, 1.807) is 22.9 Å². The molecular formula is C15H17Cl2N3O. The van der Waals surface area contributed by atoms with E-state index < -0.39 is 0 Å². The second kappa shape index (κ2) is 7.05. The van der Waals surface area contributed by atoms with Crippen molar-refractivity contribution in [3.8, 4) is 0 Å². The minimum atomic E-state index is 0.0530. The first-order chi connectivity index (χ1) is 9.95. The first kappa shape index (κ1) is 16.0. The molecule has 0 saturated carbocycles. The fraction of sp³-hybridized carbons (Fsp3) is 0.400. The number of carbonyl (C=O) groups is 1. The summed E-state index contributed by atoms with van der Waals surface area (Å²) < 4.78 is 1.78. The Bertz CT molecular complexity index is 638. The second-order valence-corrected chi connectivity index (χ2v) is 6.22. The SMILES string of the molecule is CC(C)Cn1ncnc1CC(=O)Cc1ccc(Cl)cc1Cl. The largest absolute Gasteiger partial charge is 0.299 e. The molecule has 21 heavy (non-hydrogen) atoms. The zero-order valence-corrected chi connectivity index (χ0v) is 13.5. The molecule has 0 N–H and O–H groups in total. The van der Waals surface area contributed by atoms with E-state index in [9.17, 15) is 4.79 Å². The Morgan fingerprint density at radius 2 is 2.05 bits per heavy atom. The van der Waals surface area contributed by atoms with Crippen molar-refractivity contribution in [2.24, 2.45) is 5.92 Å². The Balaban J connectivity index is 2.03. The average Bonchev–Trinajstić information content (AvgIpc) is 2.79. The molecule has 1 heterocycles. The maximum absolute atomic E-state index is 12.2. The van der Waals surface area contributed by atoms with Crippen LogP contribution in [-0.4, -0.2) is 20.5 Å². The number of Topliss-reactive ketones (excluding diaryl/α,β-unsaturated/α-hetero) is 1. The third-order valence-electron chi connectivity index (χ3n) is 2.99. The van der Waals surface area contributed by atoms with Gasteiger partial charge in [-0.1, -0.05) is 43.1 Å². The zero-order chi connectivity index (χ0) is 15.4. The van der Waals surface area contributed by atoms with Crippen LogP contribution in [0.25, 0.3) is 0 Å². The van der Waals surface area contributed by atoms with Gasteiger partial charge in [-0.3, -0.25) is 4.79 Å². The number of aromatic nitrogens is 3. The van der Waals surface area contributed by atoms with E-state index in [-0.39, 0.29) is 18.6 Å². The molecule has 0 bridgehead atoms. The monoisotopic (exact) mass is 325 g/mol. The van der Waals surface area contributed by atoms with E-state index in [4.69, 9.17) is 23.2 Å². The normalized spacial score (nSPS) is 11.1. The molecule has 112 valence electrons. The highest BCUT2D eigenvalue weighted by molar-refractivity contribution is 6.35. The van der Waals surface area contributed by atoms with Crippen molar-refractivity contribution in [1.82, 2.24) is 14.8 Å². The van der Waals surface area contributed by atoms with Gasteiger partial charge in [-0.05, 0) is 23.6 Å². The maximum atomic E-state index is 12.2. The number of carbonyl (C=O) groups excluding carboxylic acids is 1. The van der Waals surface area contributed by atoms with E-state index >= 15 is 0 Å². The summed E-state index contributed by atoms with van der Waals surface area (Å²) in [6.07, 6.45) is 2.01. The van der Waals surface area contributed by atoms with Crippen molar-refractivity contribution < 1.29 is 4.79 Å². The summed E-state index contributed by atoms with van der Waals surface area (Å²) in [6, 6.07) is 5.16. The van der Waals surface area contributed by atoms with Crippen LogP contribution in [0.2, 0.25) is 10.0 Å². The molecule has 0 atom stereocenters. The summed E-state index contributed by atoms with van der Waals surface area (Å²) in [7, 11) is 0. The van der Waals surface area contributed by atoms with E-state index in [0.29, 0.717) is 21.8 Å². The van der Waals surface area contributed by atoms with E-state index in [1.807, 2.05) is 0 Å². The topological polar surface area (TPSA) is 47.8 Å². The Labute approximate surface area is 134 Å². The molecule has 0 spiro atoms. The van der Waals surface area contributed by atoms with Gasteiger partial charge in [0, 0.05) is 23.0 Å². The van der Waals surface area contributed by atoms with Crippen LogP contribution in [0.1, 0.15) is 25.2 Å². The molecule has 0 aliphatic rings. The molecular weight excluding hydrogens is 309 g/mol. The lowest BCUT2D eigenvalue weighted by Crippen LogP contribution is -2.15. The number of benzene rings is 1. The Hall–Kier alpha value is -1.39. The summed E-state index contributed by atoms with van der Waals surface area (Å²) in [6.45, 7) is 4.95. The van der Waals surface area contributed by atoms with Crippen molar-refractivity contribution >= 4 is 29.0 Å². The van der Waals surface area contributed by atoms with Gasteiger partial charge in [0.1, 0.15) is 17.9 Å². The van der Waals surface area contributed by atoms with Crippen molar-refractivity contribution in [3.05, 3.63) is 46.0 Å². The maximum Gasteiger partial charge on any atom is 0.144 e. The number of ketones is 1. The summed E-state index contributed by atoms with van der Waals surface area (Å²) in [5, 5.41) is 5.23. The summed E-state index contributed by atoms with van der Waals surface area (Å²) in [5.74, 6) is 1.20. The third-order valence-corrected chi connectivity index (χ3v) is 3.58. The lowest BCUT2D eigenvalue weighted by atomic mass is 10.1. The molecule has 0 radical (unpaired) electrons. The minimum absolute atomic E-state index is 0.0530. The second-order valence-electron chi connectivity index (χ2n) is 5.38. The van der Waals surface area contributed by atoms with Crippen LogP contribution < -0.4 is 0 Å². The molecule has 0 aliphatic heterocycles. The lowest BCUT2D eigenvalue weighted by molar-refractivity contribution is -0.117. The summed E-state index contributed by atoms with van der Waals surface area (Å²) in [5.41, 5.74) is 0.779. The van der Waals surface area contributed by atoms with Crippen molar-refractivity contribution in [2.45, 2.75) is 33.2 Å². The van der Waals surface area contributed by atoms with Gasteiger partial charge >= 0.3 is 0 Å². The molecule has 6 heteroatoms. The number of nitrogens with zero attached hydrogens (tertiary/aromatic N) is 3. The summed E-state index contributed by atoms with van der Waals surface area (Å²) in [4.78, 5) is 16.3. The van der Waals surface area contributed by atoms with Crippen molar-refractivity contribution in [2.75, 3.05) is 0 Å². The van der Waals surface area contributed by atoms with Gasteiger partial charge in [0.2, 0.25) is 0 Å².